The Balaban J connectivity index is 2.43. The predicted octanol–water partition coefficient (Wildman–Crippen LogP) is 1.83. The molecular weight excluding hydrogens is 254 g/mol. The Morgan fingerprint density at radius 2 is 2.05 bits per heavy atom. The van der Waals surface area contributed by atoms with Crippen LogP contribution in [0.25, 0.3) is 0 Å². The first-order valence-electron chi connectivity index (χ1n) is 7.15. The van der Waals surface area contributed by atoms with Crippen molar-refractivity contribution in [1.82, 2.24) is 15.2 Å². The van der Waals surface area contributed by atoms with Crippen molar-refractivity contribution in [2.75, 3.05) is 19.7 Å². The molecule has 1 N–H and O–H groups in total. The number of ether oxygens (including phenoxy) is 1. The van der Waals surface area contributed by atoms with Gasteiger partial charge < -0.3 is 15.0 Å². The maximum Gasteiger partial charge on any atom is 0.260 e. The molecule has 0 aliphatic carbocycles. The molecule has 1 amide bonds. The third-order valence-electron chi connectivity index (χ3n) is 2.97. The number of amides is 1. The molecule has 0 atom stereocenters. The molecule has 0 spiro atoms. The zero-order chi connectivity index (χ0) is 15.0. The Labute approximate surface area is 121 Å². The SMILES string of the molecule is CCN(CC)C(=O)COc1ccc(CNC(C)C)nc1. The number of rotatable bonds is 8. The molecule has 1 aromatic rings. The molecule has 1 rings (SSSR count). The maximum atomic E-state index is 11.8. The monoisotopic (exact) mass is 279 g/mol. The second-order valence-electron chi connectivity index (χ2n) is 4.88. The van der Waals surface area contributed by atoms with Crippen molar-refractivity contribution in [2.24, 2.45) is 0 Å². The Morgan fingerprint density at radius 1 is 1.35 bits per heavy atom. The largest absolute Gasteiger partial charge is 0.482 e. The number of nitrogens with zero attached hydrogens (tertiary/aromatic N) is 2. The molecule has 0 fully saturated rings. The summed E-state index contributed by atoms with van der Waals surface area (Å²) in [6.07, 6.45) is 1.66. The third-order valence-corrected chi connectivity index (χ3v) is 2.97. The van der Waals surface area contributed by atoms with Gasteiger partial charge in [0.25, 0.3) is 5.91 Å². The first-order valence-corrected chi connectivity index (χ1v) is 7.15. The number of carbonyl (C=O) groups is 1. The Kier molecular flexibility index (Phi) is 7.01. The van der Waals surface area contributed by atoms with Crippen LogP contribution in [0, 0.1) is 0 Å². The summed E-state index contributed by atoms with van der Waals surface area (Å²) in [5, 5.41) is 3.30. The topological polar surface area (TPSA) is 54.5 Å². The molecule has 1 aromatic heterocycles. The summed E-state index contributed by atoms with van der Waals surface area (Å²) < 4.78 is 5.46. The zero-order valence-corrected chi connectivity index (χ0v) is 12.8. The van der Waals surface area contributed by atoms with Gasteiger partial charge in [0, 0.05) is 25.7 Å². The van der Waals surface area contributed by atoms with Crippen molar-refractivity contribution in [2.45, 2.75) is 40.3 Å². The van der Waals surface area contributed by atoms with Gasteiger partial charge in [-0.15, -0.1) is 0 Å². The van der Waals surface area contributed by atoms with Gasteiger partial charge in [-0.2, -0.15) is 0 Å². The van der Waals surface area contributed by atoms with E-state index in [9.17, 15) is 4.79 Å². The van der Waals surface area contributed by atoms with E-state index in [0.717, 1.165) is 12.2 Å². The lowest BCUT2D eigenvalue weighted by Crippen LogP contribution is -2.34. The van der Waals surface area contributed by atoms with Crippen LogP contribution in [-0.4, -0.2) is 41.5 Å². The molecule has 5 nitrogen and oxygen atoms in total. The smallest absolute Gasteiger partial charge is 0.260 e. The normalized spacial score (nSPS) is 10.7. The number of nitrogens with one attached hydrogen (secondary N) is 1. The summed E-state index contributed by atoms with van der Waals surface area (Å²) in [7, 11) is 0. The summed E-state index contributed by atoms with van der Waals surface area (Å²) in [6.45, 7) is 10.3. The van der Waals surface area contributed by atoms with Crippen LogP contribution in [0.4, 0.5) is 0 Å². The van der Waals surface area contributed by atoms with Gasteiger partial charge in [-0.3, -0.25) is 9.78 Å². The lowest BCUT2D eigenvalue weighted by atomic mass is 10.3. The van der Waals surface area contributed by atoms with E-state index in [4.69, 9.17) is 4.74 Å². The van der Waals surface area contributed by atoms with Gasteiger partial charge in [-0.05, 0) is 26.0 Å². The van der Waals surface area contributed by atoms with Crippen molar-refractivity contribution in [3.8, 4) is 5.75 Å². The molecule has 1 heterocycles. The van der Waals surface area contributed by atoms with Crippen LogP contribution in [0.2, 0.25) is 0 Å². The summed E-state index contributed by atoms with van der Waals surface area (Å²) >= 11 is 0. The van der Waals surface area contributed by atoms with E-state index >= 15 is 0 Å². The molecule has 0 saturated carbocycles. The van der Waals surface area contributed by atoms with E-state index in [0.29, 0.717) is 24.9 Å². The Bertz CT molecular complexity index is 400. The van der Waals surface area contributed by atoms with E-state index in [1.165, 1.54) is 0 Å². The molecule has 0 aliphatic heterocycles. The second-order valence-corrected chi connectivity index (χ2v) is 4.88. The van der Waals surface area contributed by atoms with Crippen molar-refractivity contribution >= 4 is 5.91 Å². The fraction of sp³-hybridized carbons (Fsp3) is 0.600. The van der Waals surface area contributed by atoms with E-state index < -0.39 is 0 Å². The van der Waals surface area contributed by atoms with Crippen LogP contribution in [0.3, 0.4) is 0 Å². The van der Waals surface area contributed by atoms with Gasteiger partial charge in [0.05, 0.1) is 11.9 Å². The number of hydrogen-bond donors (Lipinski definition) is 1. The molecular formula is C15H25N3O2. The van der Waals surface area contributed by atoms with Crippen LogP contribution in [0.15, 0.2) is 18.3 Å². The van der Waals surface area contributed by atoms with E-state index in [1.54, 1.807) is 11.1 Å². The first kappa shape index (κ1) is 16.4. The van der Waals surface area contributed by atoms with Crippen LogP contribution in [-0.2, 0) is 11.3 Å². The number of aromatic nitrogens is 1. The number of likely N-dealkylation sites (N-methyl/N-ethyl adjacent to an activating group) is 1. The molecule has 0 aromatic carbocycles. The quantitative estimate of drug-likeness (QED) is 0.789. The minimum absolute atomic E-state index is 0.000510. The van der Waals surface area contributed by atoms with Gasteiger partial charge in [0.15, 0.2) is 6.61 Å². The van der Waals surface area contributed by atoms with Gasteiger partial charge in [0.2, 0.25) is 0 Å². The first-order chi connectivity index (χ1) is 9.56. The molecule has 0 unspecified atom stereocenters. The standard InChI is InChI=1S/C15H25N3O2/c1-5-18(6-2)15(19)11-20-14-8-7-13(17-10-14)9-16-12(3)4/h7-8,10,12,16H,5-6,9,11H2,1-4H3. The van der Waals surface area contributed by atoms with E-state index in [2.05, 4.69) is 24.1 Å². The fourth-order valence-corrected chi connectivity index (χ4v) is 1.72. The minimum atomic E-state index is 0.000510. The van der Waals surface area contributed by atoms with Crippen LogP contribution in [0.1, 0.15) is 33.4 Å². The summed E-state index contributed by atoms with van der Waals surface area (Å²) in [6, 6.07) is 4.19. The molecule has 0 saturated heterocycles. The van der Waals surface area contributed by atoms with E-state index in [1.807, 2.05) is 26.0 Å². The van der Waals surface area contributed by atoms with Crippen molar-refractivity contribution < 1.29 is 9.53 Å². The maximum absolute atomic E-state index is 11.8. The Morgan fingerprint density at radius 3 is 2.55 bits per heavy atom. The minimum Gasteiger partial charge on any atom is -0.482 e. The van der Waals surface area contributed by atoms with E-state index in [-0.39, 0.29) is 12.5 Å². The fourth-order valence-electron chi connectivity index (χ4n) is 1.72. The molecule has 0 radical (unpaired) electrons. The lowest BCUT2D eigenvalue weighted by Gasteiger charge is -2.18. The summed E-state index contributed by atoms with van der Waals surface area (Å²) in [5.41, 5.74) is 0.959. The van der Waals surface area contributed by atoms with Crippen LogP contribution >= 0.6 is 0 Å². The predicted molar refractivity (Wildman–Crippen MR) is 79.6 cm³/mol. The molecule has 0 aliphatic rings. The average Bonchev–Trinajstić information content (AvgIpc) is 2.45. The highest BCUT2D eigenvalue weighted by molar-refractivity contribution is 5.77. The highest BCUT2D eigenvalue weighted by atomic mass is 16.5. The van der Waals surface area contributed by atoms with Gasteiger partial charge in [-0.1, -0.05) is 13.8 Å². The molecule has 5 heteroatoms. The highest BCUT2D eigenvalue weighted by Gasteiger charge is 2.10. The van der Waals surface area contributed by atoms with Gasteiger partial charge >= 0.3 is 0 Å². The van der Waals surface area contributed by atoms with Crippen LogP contribution in [0.5, 0.6) is 5.75 Å². The lowest BCUT2D eigenvalue weighted by molar-refractivity contribution is -0.132. The number of hydrogen-bond acceptors (Lipinski definition) is 4. The molecule has 112 valence electrons. The van der Waals surface area contributed by atoms with Crippen molar-refractivity contribution in [3.05, 3.63) is 24.0 Å². The molecule has 0 bridgehead atoms. The third kappa shape index (κ3) is 5.57. The number of pyridine rings is 1. The second kappa shape index (κ2) is 8.53. The average molecular weight is 279 g/mol. The van der Waals surface area contributed by atoms with Crippen LogP contribution < -0.4 is 10.1 Å². The summed E-state index contributed by atoms with van der Waals surface area (Å²) in [4.78, 5) is 17.8. The van der Waals surface area contributed by atoms with Gasteiger partial charge in [0.1, 0.15) is 5.75 Å². The zero-order valence-electron chi connectivity index (χ0n) is 12.8. The van der Waals surface area contributed by atoms with Gasteiger partial charge in [-0.25, -0.2) is 0 Å². The highest BCUT2D eigenvalue weighted by Crippen LogP contribution is 2.09. The van der Waals surface area contributed by atoms with Crippen molar-refractivity contribution in [3.63, 3.8) is 0 Å². The number of carbonyl (C=O) groups excluding carboxylic acids is 1. The summed E-state index contributed by atoms with van der Waals surface area (Å²) in [5.74, 6) is 0.624. The molecule has 20 heavy (non-hydrogen) atoms. The van der Waals surface area contributed by atoms with Crippen molar-refractivity contribution in [1.29, 1.82) is 0 Å². The Hall–Kier alpha value is -1.62.